The smallest absolute Gasteiger partial charge is 0.253 e. The van der Waals surface area contributed by atoms with Gasteiger partial charge in [-0.2, -0.15) is 11.6 Å². The average molecular weight is 441 g/mol. The van der Waals surface area contributed by atoms with Crippen molar-refractivity contribution in [2.45, 2.75) is 31.5 Å². The summed E-state index contributed by atoms with van der Waals surface area (Å²) in [7, 11) is 0. The number of nitrogens with zero attached hydrogens (tertiary/aromatic N) is 3. The van der Waals surface area contributed by atoms with Gasteiger partial charge in [-0.25, -0.2) is 0 Å². The lowest BCUT2D eigenvalue weighted by molar-refractivity contribution is 0.0793. The number of furan rings is 1. The molecule has 4 aromatic rings. The average Bonchev–Trinajstić information content (AvgIpc) is 3.49. The molecule has 3 aromatic heterocycles. The van der Waals surface area contributed by atoms with Crippen LogP contribution in [0.4, 0.5) is 0 Å². The SMILES string of the molecule is CB(C)Sc1ccc(-c2cc3nccc(-c4cccc(C(=O)N5CCCC5)c4)c3o2)cn1. The first-order valence-corrected chi connectivity index (χ1v) is 11.9. The summed E-state index contributed by atoms with van der Waals surface area (Å²) in [5, 5.41) is 0.998. The van der Waals surface area contributed by atoms with Gasteiger partial charge in [-0.1, -0.05) is 25.8 Å². The molecule has 1 aliphatic heterocycles. The number of hydrogen-bond acceptors (Lipinski definition) is 5. The Morgan fingerprint density at radius 3 is 2.62 bits per heavy atom. The van der Waals surface area contributed by atoms with Crippen LogP contribution in [0.15, 0.2) is 70.4 Å². The molecule has 5 nitrogen and oxygen atoms in total. The molecule has 0 spiro atoms. The minimum absolute atomic E-state index is 0.0974. The lowest BCUT2D eigenvalue weighted by Crippen LogP contribution is -2.27. The van der Waals surface area contributed by atoms with E-state index in [1.54, 1.807) is 17.8 Å². The third-order valence-electron chi connectivity index (χ3n) is 5.60. The van der Waals surface area contributed by atoms with E-state index in [2.05, 4.69) is 23.6 Å². The van der Waals surface area contributed by atoms with Crippen molar-refractivity contribution in [1.29, 1.82) is 0 Å². The lowest BCUT2D eigenvalue weighted by Gasteiger charge is -2.15. The van der Waals surface area contributed by atoms with Crippen molar-refractivity contribution >= 4 is 34.6 Å². The van der Waals surface area contributed by atoms with Crippen LogP contribution in [-0.4, -0.2) is 39.9 Å². The molecule has 1 saturated heterocycles. The highest BCUT2D eigenvalue weighted by Crippen LogP contribution is 2.34. The highest BCUT2D eigenvalue weighted by molar-refractivity contribution is 8.25. The molecule has 0 atom stereocenters. The molecule has 1 amide bonds. The summed E-state index contributed by atoms with van der Waals surface area (Å²) in [4.78, 5) is 23.8. The molecule has 1 fully saturated rings. The fourth-order valence-electron chi connectivity index (χ4n) is 4.07. The first-order chi connectivity index (χ1) is 15.6. The number of rotatable bonds is 5. The summed E-state index contributed by atoms with van der Waals surface area (Å²) in [5.74, 6) is 1.32. The summed E-state index contributed by atoms with van der Waals surface area (Å²) in [6, 6.07) is 15.7. The molecule has 32 heavy (non-hydrogen) atoms. The Morgan fingerprint density at radius 1 is 1.03 bits per heavy atom. The van der Waals surface area contributed by atoms with Crippen LogP contribution in [0, 0.1) is 0 Å². The molecule has 0 N–H and O–H groups in total. The largest absolute Gasteiger partial charge is 0.454 e. The normalized spacial score (nSPS) is 13.6. The molecule has 5 rings (SSSR count). The van der Waals surface area contributed by atoms with Gasteiger partial charge in [-0.3, -0.25) is 14.8 Å². The Morgan fingerprint density at radius 2 is 1.88 bits per heavy atom. The summed E-state index contributed by atoms with van der Waals surface area (Å²) in [6.07, 6.45) is 5.79. The highest BCUT2D eigenvalue weighted by Gasteiger charge is 2.20. The fourth-order valence-corrected chi connectivity index (χ4v) is 4.81. The number of fused-ring (bicyclic) bond motifs is 1. The van der Waals surface area contributed by atoms with Gasteiger partial charge in [0, 0.05) is 48.2 Å². The van der Waals surface area contributed by atoms with Gasteiger partial charge < -0.3 is 9.32 Å². The van der Waals surface area contributed by atoms with Crippen molar-refractivity contribution in [2.24, 2.45) is 0 Å². The quantitative estimate of drug-likeness (QED) is 0.349. The number of carbonyl (C=O) groups excluding carboxylic acids is 1. The van der Waals surface area contributed by atoms with Crippen LogP contribution in [0.3, 0.4) is 0 Å². The summed E-state index contributed by atoms with van der Waals surface area (Å²) >= 11 is 1.73. The van der Waals surface area contributed by atoms with E-state index in [-0.39, 0.29) is 5.91 Å². The number of hydrogen-bond donors (Lipinski definition) is 0. The van der Waals surface area contributed by atoms with Crippen molar-refractivity contribution in [3.05, 3.63) is 66.5 Å². The van der Waals surface area contributed by atoms with Gasteiger partial charge in [-0.15, -0.1) is 0 Å². The van der Waals surface area contributed by atoms with Gasteiger partial charge in [0.05, 0.1) is 5.03 Å². The van der Waals surface area contributed by atoms with E-state index >= 15 is 0 Å². The minimum Gasteiger partial charge on any atom is -0.454 e. The van der Waals surface area contributed by atoms with Crippen molar-refractivity contribution in [3.63, 3.8) is 0 Å². The molecule has 0 saturated carbocycles. The predicted octanol–water partition coefficient (Wildman–Crippen LogP) is 6.14. The van der Waals surface area contributed by atoms with Gasteiger partial charge >= 0.3 is 0 Å². The number of amides is 1. The van der Waals surface area contributed by atoms with Crippen LogP contribution in [-0.2, 0) is 0 Å². The molecule has 0 radical (unpaired) electrons. The Bertz CT molecular complexity index is 1260. The second-order valence-corrected chi connectivity index (χ2v) is 9.91. The van der Waals surface area contributed by atoms with Crippen LogP contribution in [0.5, 0.6) is 0 Å². The maximum Gasteiger partial charge on any atom is 0.253 e. The van der Waals surface area contributed by atoms with Crippen LogP contribution < -0.4 is 0 Å². The van der Waals surface area contributed by atoms with Crippen LogP contribution >= 0.6 is 11.6 Å². The molecule has 0 unspecified atom stereocenters. The number of carbonyl (C=O) groups is 1. The van der Waals surface area contributed by atoms with Crippen molar-refractivity contribution in [2.75, 3.05) is 13.1 Å². The van der Waals surface area contributed by atoms with E-state index in [1.807, 2.05) is 59.6 Å². The zero-order chi connectivity index (χ0) is 22.1. The summed E-state index contributed by atoms with van der Waals surface area (Å²) in [6.45, 7) is 5.99. The zero-order valence-electron chi connectivity index (χ0n) is 18.2. The monoisotopic (exact) mass is 441 g/mol. The van der Waals surface area contributed by atoms with Crippen LogP contribution in [0.1, 0.15) is 23.2 Å². The molecule has 7 heteroatoms. The van der Waals surface area contributed by atoms with E-state index in [0.29, 0.717) is 17.1 Å². The van der Waals surface area contributed by atoms with Crippen LogP contribution in [0.2, 0.25) is 13.6 Å². The van der Waals surface area contributed by atoms with Crippen molar-refractivity contribution in [3.8, 4) is 22.5 Å². The van der Waals surface area contributed by atoms with Gasteiger partial charge in [0.15, 0.2) is 5.58 Å². The van der Waals surface area contributed by atoms with E-state index in [0.717, 1.165) is 58.9 Å². The maximum absolute atomic E-state index is 12.9. The minimum atomic E-state index is 0.0974. The summed E-state index contributed by atoms with van der Waals surface area (Å²) < 4.78 is 6.26. The second kappa shape index (κ2) is 8.83. The number of benzene rings is 1. The Balaban J connectivity index is 1.49. The third kappa shape index (κ3) is 4.17. The first-order valence-electron chi connectivity index (χ1n) is 11.0. The van der Waals surface area contributed by atoms with Crippen molar-refractivity contribution in [1.82, 2.24) is 14.9 Å². The van der Waals surface area contributed by atoms with Gasteiger partial charge in [0.2, 0.25) is 5.99 Å². The molecule has 0 bridgehead atoms. The lowest BCUT2D eigenvalue weighted by atomic mass is 9.84. The van der Waals surface area contributed by atoms with Crippen molar-refractivity contribution < 1.29 is 9.21 Å². The molecule has 4 heterocycles. The second-order valence-electron chi connectivity index (χ2n) is 8.32. The molecule has 160 valence electrons. The number of pyridine rings is 2. The maximum atomic E-state index is 12.9. The molecule has 1 aliphatic rings. The predicted molar refractivity (Wildman–Crippen MR) is 131 cm³/mol. The number of likely N-dealkylation sites (tertiary alicyclic amines) is 1. The van der Waals surface area contributed by atoms with E-state index < -0.39 is 0 Å². The molecular formula is C25H24BN3O2S. The molecular weight excluding hydrogens is 417 g/mol. The highest BCUT2D eigenvalue weighted by atomic mass is 32.2. The Labute approximate surface area is 192 Å². The summed E-state index contributed by atoms with van der Waals surface area (Å²) in [5.41, 5.74) is 5.01. The van der Waals surface area contributed by atoms with Gasteiger partial charge in [0.25, 0.3) is 5.91 Å². The van der Waals surface area contributed by atoms with Crippen LogP contribution in [0.25, 0.3) is 33.6 Å². The van der Waals surface area contributed by atoms with Gasteiger partial charge in [-0.05, 0) is 48.7 Å². The topological polar surface area (TPSA) is 59.2 Å². The van der Waals surface area contributed by atoms with E-state index in [9.17, 15) is 4.79 Å². The Hall–Kier alpha value is -3.06. The number of aromatic nitrogens is 2. The zero-order valence-corrected chi connectivity index (χ0v) is 19.1. The fraction of sp³-hybridized carbons (Fsp3) is 0.240. The van der Waals surface area contributed by atoms with E-state index in [4.69, 9.17) is 4.42 Å². The Kier molecular flexibility index (Phi) is 5.74. The molecule has 1 aromatic carbocycles. The first kappa shape index (κ1) is 20.8. The standard InChI is InChI=1S/C25H24BN3O2S/c1-26(2)32-23-9-8-19(16-28-23)22-15-21-24(31-22)20(10-11-27-21)17-6-5-7-18(14-17)25(30)29-12-3-4-13-29/h5-11,14-16H,3-4,12-13H2,1-2H3. The van der Waals surface area contributed by atoms with E-state index in [1.165, 1.54) is 0 Å². The molecule has 0 aliphatic carbocycles. The third-order valence-corrected chi connectivity index (χ3v) is 6.56. The van der Waals surface area contributed by atoms with Gasteiger partial charge in [0.1, 0.15) is 11.3 Å².